The van der Waals surface area contributed by atoms with Crippen LogP contribution in [0.3, 0.4) is 0 Å². The number of nitro benzene ring substituents is 1. The SMILES string of the molecule is O=[N+]([O-])c1cccc(NCc2cc3ccccc3c(N=Nc3cc(Cl)ccc3O)c2O)c1. The molecule has 4 aromatic rings. The summed E-state index contributed by atoms with van der Waals surface area (Å²) >= 11 is 5.97. The second-order valence-electron chi connectivity index (χ2n) is 6.95. The van der Waals surface area contributed by atoms with Crippen molar-refractivity contribution in [3.8, 4) is 11.5 Å². The van der Waals surface area contributed by atoms with Gasteiger partial charge in [-0.05, 0) is 35.7 Å². The number of nitrogens with one attached hydrogen (secondary N) is 1. The Labute approximate surface area is 187 Å². The third-order valence-electron chi connectivity index (χ3n) is 4.81. The number of halogens is 1. The van der Waals surface area contributed by atoms with Crippen molar-refractivity contribution in [1.82, 2.24) is 0 Å². The number of non-ortho nitro benzene ring substituents is 1. The molecule has 0 aliphatic carbocycles. The molecule has 3 N–H and O–H groups in total. The van der Waals surface area contributed by atoms with E-state index in [0.29, 0.717) is 21.7 Å². The normalized spacial score (nSPS) is 11.2. The first kappa shape index (κ1) is 21.1. The smallest absolute Gasteiger partial charge is 0.271 e. The second kappa shape index (κ2) is 8.91. The zero-order valence-corrected chi connectivity index (χ0v) is 17.3. The Hall–Kier alpha value is -4.17. The quantitative estimate of drug-likeness (QED) is 0.169. The largest absolute Gasteiger partial charge is 0.506 e. The van der Waals surface area contributed by atoms with E-state index in [0.717, 1.165) is 5.39 Å². The van der Waals surface area contributed by atoms with E-state index in [1.54, 1.807) is 18.2 Å². The molecule has 32 heavy (non-hydrogen) atoms. The summed E-state index contributed by atoms with van der Waals surface area (Å²) in [7, 11) is 0. The Kier molecular flexibility index (Phi) is 5.87. The summed E-state index contributed by atoms with van der Waals surface area (Å²) in [5.74, 6) is -0.183. The van der Waals surface area contributed by atoms with E-state index in [4.69, 9.17) is 11.6 Å². The van der Waals surface area contributed by atoms with Gasteiger partial charge in [0.2, 0.25) is 0 Å². The number of rotatable bonds is 6. The molecule has 0 atom stereocenters. The fourth-order valence-electron chi connectivity index (χ4n) is 3.22. The van der Waals surface area contributed by atoms with Gasteiger partial charge in [0, 0.05) is 40.3 Å². The van der Waals surface area contributed by atoms with E-state index in [-0.39, 0.29) is 35.1 Å². The lowest BCUT2D eigenvalue weighted by atomic mass is 10.0. The highest BCUT2D eigenvalue weighted by Crippen LogP contribution is 2.40. The van der Waals surface area contributed by atoms with Gasteiger partial charge >= 0.3 is 0 Å². The second-order valence-corrected chi connectivity index (χ2v) is 7.38. The summed E-state index contributed by atoms with van der Waals surface area (Å²) in [5.41, 5.74) is 1.44. The summed E-state index contributed by atoms with van der Waals surface area (Å²) in [5, 5.41) is 45.1. The topological polar surface area (TPSA) is 120 Å². The lowest BCUT2D eigenvalue weighted by Crippen LogP contribution is -2.00. The molecule has 0 fully saturated rings. The summed E-state index contributed by atoms with van der Waals surface area (Å²) in [4.78, 5) is 10.5. The maximum atomic E-state index is 11.0. The van der Waals surface area contributed by atoms with Gasteiger partial charge in [-0.1, -0.05) is 41.9 Å². The lowest BCUT2D eigenvalue weighted by Gasteiger charge is -2.12. The van der Waals surface area contributed by atoms with Crippen molar-refractivity contribution in [2.24, 2.45) is 10.2 Å². The van der Waals surface area contributed by atoms with E-state index >= 15 is 0 Å². The zero-order valence-electron chi connectivity index (χ0n) is 16.6. The summed E-state index contributed by atoms with van der Waals surface area (Å²) < 4.78 is 0. The molecule has 0 amide bonds. The Morgan fingerprint density at radius 3 is 2.59 bits per heavy atom. The number of azo groups is 1. The number of phenols is 2. The van der Waals surface area contributed by atoms with Crippen LogP contribution < -0.4 is 5.32 Å². The van der Waals surface area contributed by atoms with Crippen LogP contribution in [0.4, 0.5) is 22.7 Å². The molecular formula is C23H17ClN4O4. The molecule has 4 rings (SSSR count). The minimum Gasteiger partial charge on any atom is -0.506 e. The van der Waals surface area contributed by atoms with Gasteiger partial charge in [0.1, 0.15) is 22.9 Å². The van der Waals surface area contributed by atoms with Crippen LogP contribution in [0.15, 0.2) is 83.0 Å². The molecule has 160 valence electrons. The van der Waals surface area contributed by atoms with Crippen molar-refractivity contribution in [1.29, 1.82) is 0 Å². The van der Waals surface area contributed by atoms with Gasteiger partial charge in [-0.3, -0.25) is 10.1 Å². The Morgan fingerprint density at radius 1 is 0.969 bits per heavy atom. The first-order valence-corrected chi connectivity index (χ1v) is 9.92. The first-order chi connectivity index (χ1) is 15.4. The highest BCUT2D eigenvalue weighted by Gasteiger charge is 2.14. The van der Waals surface area contributed by atoms with Crippen LogP contribution in [0, 0.1) is 10.1 Å². The summed E-state index contributed by atoms with van der Waals surface area (Å²) in [6, 6.07) is 19.7. The molecule has 0 spiro atoms. The van der Waals surface area contributed by atoms with Crippen LogP contribution in [-0.2, 0) is 6.54 Å². The van der Waals surface area contributed by atoms with E-state index in [9.17, 15) is 20.3 Å². The maximum absolute atomic E-state index is 11.0. The molecule has 9 heteroatoms. The lowest BCUT2D eigenvalue weighted by molar-refractivity contribution is -0.384. The Balaban J connectivity index is 1.71. The summed E-state index contributed by atoms with van der Waals surface area (Å²) in [6.45, 7) is 0.197. The minimum absolute atomic E-state index is 0.0337. The number of benzene rings is 4. The number of hydrogen-bond donors (Lipinski definition) is 3. The number of nitrogens with zero attached hydrogens (tertiary/aromatic N) is 3. The molecule has 0 unspecified atom stereocenters. The van der Waals surface area contributed by atoms with Gasteiger partial charge in [0.15, 0.2) is 0 Å². The molecule has 0 aromatic heterocycles. The molecule has 0 saturated carbocycles. The zero-order chi connectivity index (χ0) is 22.7. The number of phenolic OH excluding ortho intramolecular Hbond substituents is 2. The molecule has 0 aliphatic heterocycles. The van der Waals surface area contributed by atoms with Gasteiger partial charge < -0.3 is 15.5 Å². The van der Waals surface area contributed by atoms with Crippen molar-refractivity contribution in [3.63, 3.8) is 0 Å². The van der Waals surface area contributed by atoms with Gasteiger partial charge in [0.25, 0.3) is 5.69 Å². The number of aromatic hydroxyl groups is 2. The Bertz CT molecular complexity index is 1360. The van der Waals surface area contributed by atoms with Crippen LogP contribution >= 0.6 is 11.6 Å². The van der Waals surface area contributed by atoms with E-state index in [1.807, 2.05) is 24.3 Å². The number of anilines is 1. The highest BCUT2D eigenvalue weighted by molar-refractivity contribution is 6.30. The average molecular weight is 449 g/mol. The van der Waals surface area contributed by atoms with E-state index in [2.05, 4.69) is 15.5 Å². The molecule has 8 nitrogen and oxygen atoms in total. The fraction of sp³-hybridized carbons (Fsp3) is 0.0435. The van der Waals surface area contributed by atoms with Gasteiger partial charge in [-0.25, -0.2) is 0 Å². The van der Waals surface area contributed by atoms with E-state index < -0.39 is 4.92 Å². The maximum Gasteiger partial charge on any atom is 0.271 e. The fourth-order valence-corrected chi connectivity index (χ4v) is 3.38. The predicted octanol–water partition coefficient (Wildman–Crippen LogP) is 6.84. The van der Waals surface area contributed by atoms with Crippen molar-refractivity contribution < 1.29 is 15.1 Å². The standard InChI is InChI=1S/C23H17ClN4O4/c24-16-8-9-21(29)20(11-16)26-27-22-19-7-2-1-4-14(19)10-15(23(22)30)13-25-17-5-3-6-18(12-17)28(31)32/h1-12,25,29-30H,13H2. The predicted molar refractivity (Wildman–Crippen MR) is 123 cm³/mol. The molecule has 0 heterocycles. The molecule has 0 aliphatic rings. The van der Waals surface area contributed by atoms with E-state index in [1.165, 1.54) is 30.3 Å². The molecule has 4 aromatic carbocycles. The molecule has 0 radical (unpaired) electrons. The Morgan fingerprint density at radius 2 is 1.78 bits per heavy atom. The number of fused-ring (bicyclic) bond motifs is 1. The number of hydrogen-bond acceptors (Lipinski definition) is 7. The average Bonchev–Trinajstić information content (AvgIpc) is 2.79. The molecular weight excluding hydrogens is 432 g/mol. The monoisotopic (exact) mass is 448 g/mol. The van der Waals surface area contributed by atoms with Crippen molar-refractivity contribution >= 4 is 45.1 Å². The third kappa shape index (κ3) is 4.45. The number of nitro groups is 1. The van der Waals surface area contributed by atoms with Crippen LogP contribution in [-0.4, -0.2) is 15.1 Å². The first-order valence-electron chi connectivity index (χ1n) is 9.54. The molecule has 0 bridgehead atoms. The van der Waals surface area contributed by atoms with Crippen molar-refractivity contribution in [2.75, 3.05) is 5.32 Å². The molecule has 0 saturated heterocycles. The van der Waals surface area contributed by atoms with Crippen LogP contribution in [0.2, 0.25) is 5.02 Å². The minimum atomic E-state index is -0.470. The van der Waals surface area contributed by atoms with Gasteiger partial charge in [-0.15, -0.1) is 10.2 Å². The van der Waals surface area contributed by atoms with Gasteiger partial charge in [0.05, 0.1) is 4.92 Å². The van der Waals surface area contributed by atoms with Crippen LogP contribution in [0.5, 0.6) is 11.5 Å². The van der Waals surface area contributed by atoms with Gasteiger partial charge in [-0.2, -0.15) is 0 Å². The summed E-state index contributed by atoms with van der Waals surface area (Å²) in [6.07, 6.45) is 0. The third-order valence-corrected chi connectivity index (χ3v) is 5.04. The van der Waals surface area contributed by atoms with Crippen LogP contribution in [0.1, 0.15) is 5.56 Å². The van der Waals surface area contributed by atoms with Crippen molar-refractivity contribution in [2.45, 2.75) is 6.54 Å². The van der Waals surface area contributed by atoms with Crippen LogP contribution in [0.25, 0.3) is 10.8 Å². The van der Waals surface area contributed by atoms with Crippen molar-refractivity contribution in [3.05, 3.63) is 93.5 Å². The highest BCUT2D eigenvalue weighted by atomic mass is 35.5.